The lowest BCUT2D eigenvalue weighted by molar-refractivity contribution is -0.143. The lowest BCUT2D eigenvalue weighted by atomic mass is 9.83. The molecule has 0 saturated carbocycles. The van der Waals surface area contributed by atoms with Gasteiger partial charge in [0.25, 0.3) is 0 Å². The van der Waals surface area contributed by atoms with Crippen LogP contribution in [0.15, 0.2) is 59.3 Å². The fraction of sp³-hybridized carbons (Fsp3) is 0.452. The van der Waals surface area contributed by atoms with Crippen LogP contribution in [-0.4, -0.2) is 59.1 Å². The fourth-order valence-electron chi connectivity index (χ4n) is 6.10. The highest BCUT2D eigenvalue weighted by Crippen LogP contribution is 2.41. The van der Waals surface area contributed by atoms with E-state index in [4.69, 9.17) is 14.9 Å². The van der Waals surface area contributed by atoms with Crippen molar-refractivity contribution in [2.75, 3.05) is 31.1 Å². The smallest absolute Gasteiger partial charge is 0.308 e. The molecule has 2 aliphatic rings. The van der Waals surface area contributed by atoms with Gasteiger partial charge in [0.15, 0.2) is 5.89 Å². The van der Waals surface area contributed by atoms with Crippen molar-refractivity contribution < 1.29 is 23.8 Å². The molecule has 1 amide bonds. The number of nitrogens with two attached hydrogens (primary N) is 1. The minimum atomic E-state index is -0.854. The van der Waals surface area contributed by atoms with E-state index in [1.807, 2.05) is 41.3 Å². The molecule has 9 nitrogen and oxygen atoms in total. The number of unbranched alkanes of at least 4 members (excludes halogenated alkanes) is 1. The van der Waals surface area contributed by atoms with E-state index in [0.29, 0.717) is 45.0 Å². The average molecular weight is 547 g/mol. The number of anilines is 1. The first-order chi connectivity index (χ1) is 19.5. The van der Waals surface area contributed by atoms with Gasteiger partial charge in [-0.1, -0.05) is 37.6 Å². The van der Waals surface area contributed by atoms with Crippen molar-refractivity contribution in [1.29, 1.82) is 0 Å². The first-order valence-corrected chi connectivity index (χ1v) is 14.2. The number of fused-ring (bicyclic) bond motifs is 1. The Morgan fingerprint density at radius 1 is 1.23 bits per heavy atom. The van der Waals surface area contributed by atoms with E-state index in [0.717, 1.165) is 47.4 Å². The number of oxazole rings is 1. The van der Waals surface area contributed by atoms with E-state index in [-0.39, 0.29) is 24.4 Å². The molecule has 0 aliphatic carbocycles. The van der Waals surface area contributed by atoms with Gasteiger partial charge >= 0.3 is 5.97 Å². The molecule has 212 valence electrons. The van der Waals surface area contributed by atoms with Gasteiger partial charge in [0.05, 0.1) is 25.3 Å². The molecule has 3 N–H and O–H groups in total. The quantitative estimate of drug-likeness (QED) is 0.350. The molecule has 3 heterocycles. The second-order valence-electron chi connectivity index (χ2n) is 10.7. The van der Waals surface area contributed by atoms with Gasteiger partial charge in [0.1, 0.15) is 12.0 Å². The first kappa shape index (κ1) is 27.9. The van der Waals surface area contributed by atoms with E-state index >= 15 is 0 Å². The summed E-state index contributed by atoms with van der Waals surface area (Å²) in [6.07, 6.45) is 6.77. The Morgan fingerprint density at radius 2 is 2.10 bits per heavy atom. The molecular formula is C31H38N4O5. The van der Waals surface area contributed by atoms with Gasteiger partial charge in [0, 0.05) is 50.1 Å². The van der Waals surface area contributed by atoms with Crippen molar-refractivity contribution in [2.45, 2.75) is 57.5 Å². The molecule has 2 aromatic carbocycles. The van der Waals surface area contributed by atoms with Crippen molar-refractivity contribution in [1.82, 2.24) is 9.88 Å². The minimum Gasteiger partial charge on any atom is -0.493 e. The third kappa shape index (κ3) is 6.05. The highest BCUT2D eigenvalue weighted by atomic mass is 16.5. The number of hydrogen-bond donors (Lipinski definition) is 2. The van der Waals surface area contributed by atoms with Crippen LogP contribution in [0.1, 0.15) is 54.7 Å². The number of carboxylic acids is 1. The maximum Gasteiger partial charge on any atom is 0.308 e. The molecule has 1 fully saturated rings. The van der Waals surface area contributed by atoms with Gasteiger partial charge in [-0.2, -0.15) is 0 Å². The Balaban J connectivity index is 1.43. The fourth-order valence-corrected chi connectivity index (χ4v) is 6.10. The number of aliphatic carboxylic acids is 1. The molecule has 0 spiro atoms. The number of aromatic nitrogens is 1. The molecule has 0 bridgehead atoms. The molecule has 40 heavy (non-hydrogen) atoms. The Bertz CT molecular complexity index is 1310. The SMILES string of the molecule is CCCCN(C(=O)CN1C[C@H](c2ccc3c(c2)CCO3)C(C(=O)O)[C@@H]1CCc1ncco1)c1cccc(CN)c1. The second kappa shape index (κ2) is 12.7. The number of carboxylic acid groups (broad SMARTS) is 1. The highest BCUT2D eigenvalue weighted by Gasteiger charge is 2.47. The maximum absolute atomic E-state index is 13.9. The zero-order valence-corrected chi connectivity index (χ0v) is 23.0. The topological polar surface area (TPSA) is 122 Å². The van der Waals surface area contributed by atoms with E-state index in [2.05, 4.69) is 22.9 Å². The highest BCUT2D eigenvalue weighted by molar-refractivity contribution is 5.95. The minimum absolute atomic E-state index is 0.0455. The molecular weight excluding hydrogens is 508 g/mol. The molecule has 1 aromatic heterocycles. The van der Waals surface area contributed by atoms with E-state index in [9.17, 15) is 14.7 Å². The monoisotopic (exact) mass is 546 g/mol. The van der Waals surface area contributed by atoms with Crippen LogP contribution in [0.2, 0.25) is 0 Å². The number of likely N-dealkylation sites (tertiary alicyclic amines) is 1. The lowest BCUT2D eigenvalue weighted by Crippen LogP contribution is -2.44. The summed E-state index contributed by atoms with van der Waals surface area (Å²) >= 11 is 0. The zero-order valence-electron chi connectivity index (χ0n) is 23.0. The molecule has 9 heteroatoms. The molecule has 3 atom stereocenters. The van der Waals surface area contributed by atoms with Gasteiger partial charge in [-0.15, -0.1) is 0 Å². The van der Waals surface area contributed by atoms with Crippen LogP contribution in [0.4, 0.5) is 5.69 Å². The number of amides is 1. The Hall–Kier alpha value is -3.69. The van der Waals surface area contributed by atoms with Crippen molar-refractivity contribution in [3.8, 4) is 5.75 Å². The number of ether oxygens (including phenoxy) is 1. The summed E-state index contributed by atoms with van der Waals surface area (Å²) in [4.78, 5) is 34.8. The van der Waals surface area contributed by atoms with E-state index in [1.165, 1.54) is 6.26 Å². The van der Waals surface area contributed by atoms with Crippen LogP contribution in [0.5, 0.6) is 5.75 Å². The van der Waals surface area contributed by atoms with Gasteiger partial charge in [-0.25, -0.2) is 4.98 Å². The number of benzene rings is 2. The van der Waals surface area contributed by atoms with Crippen molar-refractivity contribution in [3.05, 3.63) is 77.5 Å². The molecule has 5 rings (SSSR count). The zero-order chi connectivity index (χ0) is 28.1. The van der Waals surface area contributed by atoms with Gasteiger partial charge < -0.3 is 24.9 Å². The second-order valence-corrected chi connectivity index (χ2v) is 10.7. The van der Waals surface area contributed by atoms with Gasteiger partial charge in [0.2, 0.25) is 5.91 Å². The van der Waals surface area contributed by atoms with Crippen LogP contribution < -0.4 is 15.4 Å². The molecule has 1 saturated heterocycles. The largest absolute Gasteiger partial charge is 0.493 e. The average Bonchev–Trinajstić information content (AvgIpc) is 3.72. The third-order valence-corrected chi connectivity index (χ3v) is 8.15. The van der Waals surface area contributed by atoms with E-state index < -0.39 is 11.9 Å². The van der Waals surface area contributed by atoms with Crippen molar-refractivity contribution in [2.24, 2.45) is 11.7 Å². The Morgan fingerprint density at radius 3 is 2.85 bits per heavy atom. The lowest BCUT2D eigenvalue weighted by Gasteiger charge is -2.30. The summed E-state index contributed by atoms with van der Waals surface area (Å²) in [6, 6.07) is 13.4. The molecule has 0 radical (unpaired) electrons. The number of rotatable bonds is 12. The molecule has 1 unspecified atom stereocenters. The first-order valence-electron chi connectivity index (χ1n) is 14.2. The maximum atomic E-state index is 13.9. The van der Waals surface area contributed by atoms with E-state index in [1.54, 1.807) is 6.20 Å². The third-order valence-electron chi connectivity index (χ3n) is 8.15. The summed E-state index contributed by atoms with van der Waals surface area (Å²) < 4.78 is 11.1. The van der Waals surface area contributed by atoms with Crippen molar-refractivity contribution >= 4 is 17.6 Å². The predicted octanol–water partition coefficient (Wildman–Crippen LogP) is 4.00. The summed E-state index contributed by atoms with van der Waals surface area (Å²) in [5, 5.41) is 10.5. The Kier molecular flexibility index (Phi) is 8.81. The predicted molar refractivity (Wildman–Crippen MR) is 151 cm³/mol. The van der Waals surface area contributed by atoms with Gasteiger partial charge in [-0.05, 0) is 47.7 Å². The van der Waals surface area contributed by atoms with Crippen LogP contribution in [0.3, 0.4) is 0 Å². The molecule has 3 aromatic rings. The van der Waals surface area contributed by atoms with Crippen molar-refractivity contribution in [3.63, 3.8) is 0 Å². The standard InChI is InChI=1S/C31H38N4O5/c1-2-3-13-35(24-6-4-5-21(16-24)18-32)29(36)20-34-19-25(22-7-9-27-23(17-22)11-14-39-27)30(31(37)38)26(34)8-10-28-33-12-15-40-28/h4-7,9,12,15-17,25-26,30H,2-3,8,10-11,13-14,18-20,32H2,1H3,(H,37,38)/t25-,26+,30?/m1/s1. The summed E-state index contributed by atoms with van der Waals surface area (Å²) in [5.41, 5.74) is 9.75. The van der Waals surface area contributed by atoms with Crippen LogP contribution >= 0.6 is 0 Å². The number of carbonyl (C=O) groups is 2. The molecule has 2 aliphatic heterocycles. The summed E-state index contributed by atoms with van der Waals surface area (Å²) in [5.74, 6) is -0.393. The number of aryl methyl sites for hydroxylation is 1. The summed E-state index contributed by atoms with van der Waals surface area (Å²) in [6.45, 7) is 4.33. The summed E-state index contributed by atoms with van der Waals surface area (Å²) in [7, 11) is 0. The van der Waals surface area contributed by atoms with Crippen LogP contribution in [-0.2, 0) is 29.0 Å². The van der Waals surface area contributed by atoms with Crippen LogP contribution in [0, 0.1) is 5.92 Å². The Labute approximate surface area is 234 Å². The number of hydrogen-bond acceptors (Lipinski definition) is 7. The van der Waals surface area contributed by atoms with Crippen LogP contribution in [0.25, 0.3) is 0 Å². The van der Waals surface area contributed by atoms with Gasteiger partial charge in [-0.3, -0.25) is 14.5 Å². The number of carbonyl (C=O) groups excluding carboxylic acids is 1. The number of nitrogens with zero attached hydrogens (tertiary/aromatic N) is 3. The normalized spacial score (nSPS) is 20.3.